The summed E-state index contributed by atoms with van der Waals surface area (Å²) in [7, 11) is -1.40. The Bertz CT molecular complexity index is 1350. The van der Waals surface area contributed by atoms with E-state index in [4.69, 9.17) is 0 Å². The molecule has 0 aromatic heterocycles. The van der Waals surface area contributed by atoms with Gasteiger partial charge < -0.3 is 0 Å². The van der Waals surface area contributed by atoms with E-state index in [-0.39, 0.29) is 5.78 Å². The molecule has 0 radical (unpaired) electrons. The lowest BCUT2D eigenvalue weighted by Crippen LogP contribution is -2.29. The Kier molecular flexibility index (Phi) is 5.18. The number of carbonyl (C=O) groups is 1. The number of ketones is 1. The molecule has 33 heavy (non-hydrogen) atoms. The van der Waals surface area contributed by atoms with Gasteiger partial charge in [-0.15, -0.1) is 0 Å². The largest absolute Gasteiger partial charge is 0.295 e. The molecule has 0 unspecified atom stereocenters. The molecule has 0 saturated heterocycles. The molecular weight excluding hydrogens is 426 g/mol. The van der Waals surface area contributed by atoms with E-state index in [0.29, 0.717) is 24.2 Å². The highest BCUT2D eigenvalue weighted by Gasteiger charge is 2.58. The third-order valence-electron chi connectivity index (χ3n) is 7.37. The van der Waals surface area contributed by atoms with Gasteiger partial charge in [-0.05, 0) is 61.6 Å². The fourth-order valence-electron chi connectivity index (χ4n) is 5.67. The van der Waals surface area contributed by atoms with Crippen LogP contribution in [0.4, 0.5) is 0 Å². The maximum absolute atomic E-state index is 13.6. The maximum atomic E-state index is 13.6. The third kappa shape index (κ3) is 3.31. The molecule has 3 atom stereocenters. The first kappa shape index (κ1) is 21.6. The second-order valence-electron chi connectivity index (χ2n) is 9.28. The number of nitrogens with zero attached hydrogens (tertiary/aromatic N) is 1. The fraction of sp³-hybridized carbons (Fsp3) is 0.241. The Balaban J connectivity index is 1.66. The molecule has 1 fully saturated rings. The van der Waals surface area contributed by atoms with Gasteiger partial charge >= 0.3 is 0 Å². The molecule has 3 nitrogen and oxygen atoms in total. The van der Waals surface area contributed by atoms with E-state index in [1.807, 2.05) is 80.6 Å². The van der Waals surface area contributed by atoms with Crippen molar-refractivity contribution in [3.05, 3.63) is 107 Å². The van der Waals surface area contributed by atoms with Crippen molar-refractivity contribution >= 4 is 16.6 Å². The van der Waals surface area contributed by atoms with Crippen molar-refractivity contribution in [1.82, 2.24) is 0 Å². The van der Waals surface area contributed by atoms with Gasteiger partial charge in [0.05, 0.1) is 22.3 Å². The van der Waals surface area contributed by atoms with Gasteiger partial charge in [0.2, 0.25) is 0 Å². The summed E-state index contributed by atoms with van der Waals surface area (Å²) in [6.07, 6.45) is 1.39. The highest BCUT2D eigenvalue weighted by atomic mass is 32.2. The van der Waals surface area contributed by atoms with Gasteiger partial charge in [-0.1, -0.05) is 71.8 Å². The first-order chi connectivity index (χ1) is 15.9. The Labute approximate surface area is 197 Å². The van der Waals surface area contributed by atoms with E-state index >= 15 is 0 Å². The third-order valence-corrected chi connectivity index (χ3v) is 8.83. The second-order valence-corrected chi connectivity index (χ2v) is 10.7. The monoisotopic (exact) mass is 451 g/mol. The van der Waals surface area contributed by atoms with Crippen molar-refractivity contribution in [2.45, 2.75) is 53.7 Å². The van der Waals surface area contributed by atoms with E-state index in [0.717, 1.165) is 32.7 Å². The number of carbonyl (C=O) groups excluding carboxylic acids is 1. The van der Waals surface area contributed by atoms with Crippen molar-refractivity contribution in [3.63, 3.8) is 0 Å². The average molecular weight is 452 g/mol. The lowest BCUT2D eigenvalue weighted by atomic mass is 9.71. The predicted octanol–water partition coefficient (Wildman–Crippen LogP) is 5.94. The summed E-state index contributed by atoms with van der Waals surface area (Å²) in [6, 6.07) is 28.0. The van der Waals surface area contributed by atoms with Crippen LogP contribution in [0.1, 0.15) is 42.9 Å². The molecule has 3 aromatic rings. The van der Waals surface area contributed by atoms with Crippen molar-refractivity contribution in [1.29, 1.82) is 5.26 Å². The molecule has 164 valence electrons. The topological polar surface area (TPSA) is 57.9 Å². The zero-order valence-electron chi connectivity index (χ0n) is 18.8. The van der Waals surface area contributed by atoms with Gasteiger partial charge in [0.15, 0.2) is 5.78 Å². The summed E-state index contributed by atoms with van der Waals surface area (Å²) in [6.45, 7) is 3.90. The van der Waals surface area contributed by atoms with Gasteiger partial charge in [0.25, 0.3) is 0 Å². The molecule has 5 rings (SSSR count). The molecule has 0 amide bonds. The summed E-state index contributed by atoms with van der Waals surface area (Å²) in [5.41, 5.74) is 3.53. The van der Waals surface area contributed by atoms with Gasteiger partial charge in [-0.25, -0.2) is 4.21 Å². The summed E-state index contributed by atoms with van der Waals surface area (Å²) in [5.74, 6) is 0.164. The first-order valence-electron chi connectivity index (χ1n) is 11.2. The molecule has 1 saturated carbocycles. The molecule has 0 aliphatic heterocycles. The molecule has 2 aliphatic carbocycles. The molecular formula is C29H25NO2S. The van der Waals surface area contributed by atoms with Crippen molar-refractivity contribution in [3.8, 4) is 6.07 Å². The number of hydrogen-bond donors (Lipinski definition) is 0. The van der Waals surface area contributed by atoms with Crippen LogP contribution < -0.4 is 0 Å². The average Bonchev–Trinajstić information content (AvgIpc) is 3.31. The van der Waals surface area contributed by atoms with E-state index in [1.54, 1.807) is 0 Å². The Morgan fingerprint density at radius 1 is 0.879 bits per heavy atom. The smallest absolute Gasteiger partial charge is 0.159 e. The first-order valence-corrected chi connectivity index (χ1v) is 12.3. The molecule has 0 N–H and O–H groups in total. The van der Waals surface area contributed by atoms with Crippen molar-refractivity contribution < 1.29 is 9.00 Å². The minimum Gasteiger partial charge on any atom is -0.295 e. The summed E-state index contributed by atoms with van der Waals surface area (Å²) < 4.78 is 13.6. The van der Waals surface area contributed by atoms with Crippen LogP contribution in [0.15, 0.2) is 99.8 Å². The quantitative estimate of drug-likeness (QED) is 0.493. The van der Waals surface area contributed by atoms with Crippen LogP contribution in [0.3, 0.4) is 0 Å². The molecule has 2 aliphatic rings. The van der Waals surface area contributed by atoms with E-state index in [9.17, 15) is 14.3 Å². The van der Waals surface area contributed by atoms with Crippen LogP contribution in [0.5, 0.6) is 0 Å². The maximum Gasteiger partial charge on any atom is 0.159 e. The number of hydrogen-bond acceptors (Lipinski definition) is 3. The summed E-state index contributed by atoms with van der Waals surface area (Å²) >= 11 is 0. The minimum absolute atomic E-state index is 0.164. The van der Waals surface area contributed by atoms with Crippen LogP contribution in [-0.4, -0.2) is 9.99 Å². The Hall–Kier alpha value is -3.29. The van der Waals surface area contributed by atoms with Crippen LogP contribution in [0.25, 0.3) is 0 Å². The molecule has 0 heterocycles. The Morgan fingerprint density at radius 3 is 2.24 bits per heavy atom. The zero-order chi connectivity index (χ0) is 23.2. The number of allylic oxidation sites excluding steroid dienone is 2. The normalized spacial score (nSPS) is 25.1. The predicted molar refractivity (Wildman–Crippen MR) is 129 cm³/mol. The molecule has 0 spiro atoms. The van der Waals surface area contributed by atoms with Gasteiger partial charge in [0, 0.05) is 21.6 Å². The van der Waals surface area contributed by atoms with Crippen LogP contribution in [0.2, 0.25) is 0 Å². The number of rotatable bonds is 4. The van der Waals surface area contributed by atoms with Gasteiger partial charge in [-0.3, -0.25) is 4.79 Å². The lowest BCUT2D eigenvalue weighted by molar-refractivity contribution is -0.115. The lowest BCUT2D eigenvalue weighted by Gasteiger charge is -2.30. The second kappa shape index (κ2) is 7.93. The number of benzene rings is 3. The summed E-state index contributed by atoms with van der Waals surface area (Å²) in [5, 5.41) is 10.6. The van der Waals surface area contributed by atoms with Crippen LogP contribution >= 0.6 is 0 Å². The number of nitriles is 1. The standard InChI is InChI=1S/C29H25NO2S/c1-20-12-14-23(15-13-20)33(32)27-11-7-6-10-24(27)28(19-30)16-25-21(2)26(31)17-29(25,18-28)22-8-4-3-5-9-22/h3-15H,16-18H2,1-2H3/t28-,29+,33+/m1/s1. The Morgan fingerprint density at radius 2 is 1.55 bits per heavy atom. The van der Waals surface area contributed by atoms with Crippen LogP contribution in [0, 0.1) is 18.3 Å². The van der Waals surface area contributed by atoms with E-state index in [2.05, 4.69) is 18.2 Å². The molecule has 0 bridgehead atoms. The fourth-order valence-corrected chi connectivity index (χ4v) is 6.97. The highest BCUT2D eigenvalue weighted by molar-refractivity contribution is 7.85. The van der Waals surface area contributed by atoms with E-state index < -0.39 is 21.6 Å². The van der Waals surface area contributed by atoms with Gasteiger partial charge in [0.1, 0.15) is 0 Å². The summed E-state index contributed by atoms with van der Waals surface area (Å²) in [4.78, 5) is 14.2. The van der Waals surface area contributed by atoms with E-state index in [1.165, 1.54) is 0 Å². The number of Topliss-reactive ketones (excluding diaryl/α,β-unsaturated/α-hetero) is 1. The number of fused-ring (bicyclic) bond motifs is 1. The minimum atomic E-state index is -1.40. The highest BCUT2D eigenvalue weighted by Crippen LogP contribution is 2.61. The van der Waals surface area contributed by atoms with Crippen molar-refractivity contribution in [2.75, 3.05) is 0 Å². The van der Waals surface area contributed by atoms with Crippen molar-refractivity contribution in [2.24, 2.45) is 0 Å². The molecule has 3 aromatic carbocycles. The molecule has 4 heteroatoms. The number of aryl methyl sites for hydroxylation is 1. The van der Waals surface area contributed by atoms with Gasteiger partial charge in [-0.2, -0.15) is 5.26 Å². The zero-order valence-corrected chi connectivity index (χ0v) is 19.6. The van der Waals surface area contributed by atoms with Crippen LogP contribution in [-0.2, 0) is 26.4 Å². The SMILES string of the molecule is CC1=C2C[C@@](C#N)(c3ccccc3[S@@](=O)c3ccc(C)cc3)C[C@]2(c2ccccc2)CC1=O.